The molecule has 3 N–H and O–H groups in total. The van der Waals surface area contributed by atoms with Crippen molar-refractivity contribution in [3.63, 3.8) is 0 Å². The maximum atomic E-state index is 12.7. The summed E-state index contributed by atoms with van der Waals surface area (Å²) in [7, 11) is 0. The lowest BCUT2D eigenvalue weighted by molar-refractivity contribution is -0.286. The maximum absolute atomic E-state index is 12.7. The first kappa shape index (κ1) is 14.0. The van der Waals surface area contributed by atoms with E-state index in [0.29, 0.717) is 12.0 Å². The molecule has 0 bridgehead atoms. The molecule has 1 aromatic carbocycles. The average Bonchev–Trinajstić information content (AvgIpc) is 2.50. The molecule has 0 fully saturated rings. The summed E-state index contributed by atoms with van der Waals surface area (Å²) in [6.07, 6.45) is -3.25. The van der Waals surface area contributed by atoms with E-state index in [1.807, 2.05) is 0 Å². The Morgan fingerprint density at radius 3 is 2.59 bits per heavy atom. The number of hydrogen-bond acceptors (Lipinski definition) is 4. The summed E-state index contributed by atoms with van der Waals surface area (Å²) in [5.74, 6) is -0.0409. The molecule has 17 heavy (non-hydrogen) atoms. The molecule has 1 aliphatic rings. The molecule has 96 valence electrons. The molecule has 1 aliphatic heterocycles. The fraction of sp³-hybridized carbons (Fsp3) is 0.400. The fourth-order valence-electron chi connectivity index (χ4n) is 1.50. The van der Waals surface area contributed by atoms with E-state index in [0.717, 1.165) is 0 Å². The molecule has 1 heterocycles. The van der Waals surface area contributed by atoms with Crippen molar-refractivity contribution in [1.29, 1.82) is 0 Å². The highest BCUT2D eigenvalue weighted by Gasteiger charge is 2.43. The molecule has 7 heteroatoms. The molecular formula is C10H12ClF2NO3. The summed E-state index contributed by atoms with van der Waals surface area (Å²) in [6.45, 7) is -0.0637. The van der Waals surface area contributed by atoms with E-state index in [1.54, 1.807) is 6.07 Å². The fourth-order valence-corrected chi connectivity index (χ4v) is 1.50. The van der Waals surface area contributed by atoms with Gasteiger partial charge in [-0.3, -0.25) is 0 Å². The quantitative estimate of drug-likeness (QED) is 0.877. The van der Waals surface area contributed by atoms with Crippen molar-refractivity contribution in [2.45, 2.75) is 18.8 Å². The summed E-state index contributed by atoms with van der Waals surface area (Å²) < 4.78 is 33.9. The zero-order valence-electron chi connectivity index (χ0n) is 8.73. The number of benzene rings is 1. The summed E-state index contributed by atoms with van der Waals surface area (Å²) in [4.78, 5) is 0. The Labute approximate surface area is 103 Å². The first-order valence-electron chi connectivity index (χ1n) is 4.78. The Morgan fingerprint density at radius 1 is 1.29 bits per heavy atom. The number of ether oxygens (including phenoxy) is 2. The molecule has 0 unspecified atom stereocenters. The molecular weight excluding hydrogens is 256 g/mol. The summed E-state index contributed by atoms with van der Waals surface area (Å²) in [6, 6.07) is 3.94. The van der Waals surface area contributed by atoms with Crippen LogP contribution >= 0.6 is 12.4 Å². The highest BCUT2D eigenvalue weighted by atomic mass is 35.5. The minimum Gasteiger partial charge on any atom is -0.396 e. The van der Waals surface area contributed by atoms with Crippen LogP contribution in [0.4, 0.5) is 8.78 Å². The van der Waals surface area contributed by atoms with Crippen molar-refractivity contribution in [1.82, 2.24) is 0 Å². The Balaban J connectivity index is 0.00000144. The van der Waals surface area contributed by atoms with Gasteiger partial charge in [0, 0.05) is 12.6 Å². The predicted octanol–water partition coefficient (Wildman–Crippen LogP) is 1.81. The number of aliphatic hydroxyl groups is 1. The van der Waals surface area contributed by atoms with Crippen molar-refractivity contribution in [3.05, 3.63) is 23.8 Å². The van der Waals surface area contributed by atoms with Crippen molar-refractivity contribution in [2.24, 2.45) is 5.73 Å². The van der Waals surface area contributed by atoms with Crippen LogP contribution in [0.15, 0.2) is 18.2 Å². The molecule has 0 amide bonds. The van der Waals surface area contributed by atoms with Gasteiger partial charge in [0.15, 0.2) is 11.5 Å². The average molecular weight is 268 g/mol. The number of fused-ring (bicyclic) bond motifs is 1. The van der Waals surface area contributed by atoms with E-state index in [4.69, 9.17) is 10.8 Å². The summed E-state index contributed by atoms with van der Waals surface area (Å²) >= 11 is 0. The van der Waals surface area contributed by atoms with E-state index in [9.17, 15) is 8.78 Å². The van der Waals surface area contributed by atoms with Crippen LogP contribution in [0.1, 0.15) is 18.0 Å². The van der Waals surface area contributed by atoms with Crippen LogP contribution in [0.5, 0.6) is 11.5 Å². The topological polar surface area (TPSA) is 64.7 Å². The van der Waals surface area contributed by atoms with Gasteiger partial charge in [-0.25, -0.2) is 0 Å². The zero-order chi connectivity index (χ0) is 11.8. The van der Waals surface area contributed by atoms with Crippen LogP contribution in [-0.2, 0) is 0 Å². The minimum absolute atomic E-state index is 0. The standard InChI is InChI=1S/C10H11F2NO3.ClH/c11-10(12)15-8-2-1-6(5-9(8)16-10)7(13)3-4-14;/h1-2,5,7,14H,3-4,13H2;1H/t7-;/m1./s1. The van der Waals surface area contributed by atoms with Gasteiger partial charge in [-0.05, 0) is 24.1 Å². The monoisotopic (exact) mass is 267 g/mol. The second-order valence-electron chi connectivity index (χ2n) is 3.49. The number of aliphatic hydroxyl groups excluding tert-OH is 1. The van der Waals surface area contributed by atoms with Gasteiger partial charge in [-0.1, -0.05) is 6.07 Å². The Kier molecular flexibility index (Phi) is 4.13. The third-order valence-corrected chi connectivity index (χ3v) is 2.29. The molecule has 1 atom stereocenters. The number of halogens is 3. The van der Waals surface area contributed by atoms with Gasteiger partial charge in [0.05, 0.1) is 0 Å². The van der Waals surface area contributed by atoms with E-state index < -0.39 is 12.3 Å². The predicted molar refractivity (Wildman–Crippen MR) is 58.5 cm³/mol. The van der Waals surface area contributed by atoms with Crippen molar-refractivity contribution in [3.8, 4) is 11.5 Å². The molecule has 0 saturated carbocycles. The summed E-state index contributed by atoms with van der Waals surface area (Å²) in [5.41, 5.74) is 6.34. The largest absolute Gasteiger partial charge is 0.586 e. The lowest BCUT2D eigenvalue weighted by atomic mass is 10.0. The third kappa shape index (κ3) is 2.96. The third-order valence-electron chi connectivity index (χ3n) is 2.29. The molecule has 1 aromatic rings. The van der Waals surface area contributed by atoms with Crippen LogP contribution in [0, 0.1) is 0 Å². The van der Waals surface area contributed by atoms with Gasteiger partial charge in [-0.15, -0.1) is 21.2 Å². The lowest BCUT2D eigenvalue weighted by Gasteiger charge is -2.10. The second kappa shape index (κ2) is 5.03. The Hall–Kier alpha value is -1.11. The van der Waals surface area contributed by atoms with Crippen molar-refractivity contribution < 1.29 is 23.4 Å². The highest BCUT2D eigenvalue weighted by Crippen LogP contribution is 2.41. The van der Waals surface area contributed by atoms with Crippen LogP contribution < -0.4 is 15.2 Å². The van der Waals surface area contributed by atoms with E-state index in [-0.39, 0.29) is 30.5 Å². The van der Waals surface area contributed by atoms with Crippen LogP contribution in [0.3, 0.4) is 0 Å². The van der Waals surface area contributed by atoms with Gasteiger partial charge in [0.2, 0.25) is 0 Å². The number of alkyl halides is 2. The molecule has 0 radical (unpaired) electrons. The molecule has 0 aromatic heterocycles. The molecule has 2 rings (SSSR count). The molecule has 0 aliphatic carbocycles. The van der Waals surface area contributed by atoms with Gasteiger partial charge in [0.1, 0.15) is 0 Å². The van der Waals surface area contributed by atoms with Gasteiger partial charge in [0.25, 0.3) is 0 Å². The number of nitrogens with two attached hydrogens (primary N) is 1. The molecule has 0 saturated heterocycles. The SMILES string of the molecule is Cl.N[C@H](CCO)c1ccc2c(c1)OC(F)(F)O2. The molecule has 0 spiro atoms. The van der Waals surface area contributed by atoms with Crippen LogP contribution in [0.2, 0.25) is 0 Å². The summed E-state index contributed by atoms with van der Waals surface area (Å²) in [5, 5.41) is 8.72. The Morgan fingerprint density at radius 2 is 1.94 bits per heavy atom. The van der Waals surface area contributed by atoms with E-state index >= 15 is 0 Å². The van der Waals surface area contributed by atoms with Gasteiger partial charge < -0.3 is 20.3 Å². The second-order valence-corrected chi connectivity index (χ2v) is 3.49. The first-order chi connectivity index (χ1) is 7.52. The van der Waals surface area contributed by atoms with Crippen molar-refractivity contribution >= 4 is 12.4 Å². The first-order valence-corrected chi connectivity index (χ1v) is 4.78. The lowest BCUT2D eigenvalue weighted by Crippen LogP contribution is -2.25. The minimum atomic E-state index is -3.61. The van der Waals surface area contributed by atoms with Gasteiger partial charge >= 0.3 is 6.29 Å². The van der Waals surface area contributed by atoms with E-state index in [2.05, 4.69) is 9.47 Å². The van der Waals surface area contributed by atoms with Crippen LogP contribution in [-0.4, -0.2) is 18.0 Å². The molecule has 4 nitrogen and oxygen atoms in total. The maximum Gasteiger partial charge on any atom is 0.586 e. The number of hydrogen-bond donors (Lipinski definition) is 2. The van der Waals surface area contributed by atoms with Crippen molar-refractivity contribution in [2.75, 3.05) is 6.61 Å². The van der Waals surface area contributed by atoms with Gasteiger partial charge in [-0.2, -0.15) is 0 Å². The smallest absolute Gasteiger partial charge is 0.396 e. The number of rotatable bonds is 3. The highest BCUT2D eigenvalue weighted by molar-refractivity contribution is 5.85. The normalized spacial score (nSPS) is 17.4. The van der Waals surface area contributed by atoms with E-state index in [1.165, 1.54) is 12.1 Å². The zero-order valence-corrected chi connectivity index (χ0v) is 9.55. The Bertz CT molecular complexity index is 403. The van der Waals surface area contributed by atoms with Crippen LogP contribution in [0.25, 0.3) is 0 Å².